The molecule has 0 unspecified atom stereocenters. The largest absolute Gasteiger partial charge is 0.464 e. The van der Waals surface area contributed by atoms with E-state index in [-0.39, 0.29) is 11.3 Å². The molecule has 2 heterocycles. The Hall–Kier alpha value is -1.69. The van der Waals surface area contributed by atoms with Crippen molar-refractivity contribution in [3.63, 3.8) is 0 Å². The van der Waals surface area contributed by atoms with Gasteiger partial charge in [0.1, 0.15) is 0 Å². The SMILES string of the molecule is CCOc1nc(Cl)nc(-c2cnn(CC)c2)n1. The molecule has 7 heteroatoms. The molecule has 6 nitrogen and oxygen atoms in total. The van der Waals surface area contributed by atoms with Crippen LogP contribution in [0.15, 0.2) is 12.4 Å². The van der Waals surface area contributed by atoms with Crippen LogP contribution in [0.4, 0.5) is 0 Å². The lowest BCUT2D eigenvalue weighted by atomic mass is 10.3. The van der Waals surface area contributed by atoms with Gasteiger partial charge in [0.25, 0.3) is 0 Å². The van der Waals surface area contributed by atoms with Crippen LogP contribution in [0.1, 0.15) is 13.8 Å². The lowest BCUT2D eigenvalue weighted by Gasteiger charge is -2.02. The van der Waals surface area contributed by atoms with E-state index in [9.17, 15) is 0 Å². The summed E-state index contributed by atoms with van der Waals surface area (Å²) in [6.07, 6.45) is 3.53. The molecule has 0 aromatic carbocycles. The molecule has 90 valence electrons. The van der Waals surface area contributed by atoms with Crippen molar-refractivity contribution in [1.29, 1.82) is 0 Å². The van der Waals surface area contributed by atoms with Crippen molar-refractivity contribution in [1.82, 2.24) is 24.7 Å². The molecule has 2 aromatic heterocycles. The van der Waals surface area contributed by atoms with Crippen molar-refractivity contribution >= 4 is 11.6 Å². The summed E-state index contributed by atoms with van der Waals surface area (Å²) in [5, 5.41) is 4.26. The van der Waals surface area contributed by atoms with E-state index in [0.717, 1.165) is 12.1 Å². The van der Waals surface area contributed by atoms with Crippen molar-refractivity contribution in [2.24, 2.45) is 0 Å². The maximum atomic E-state index is 5.81. The van der Waals surface area contributed by atoms with Gasteiger partial charge in [-0.2, -0.15) is 20.1 Å². The van der Waals surface area contributed by atoms with Crippen molar-refractivity contribution in [2.75, 3.05) is 6.61 Å². The van der Waals surface area contributed by atoms with Crippen LogP contribution in [0.25, 0.3) is 11.4 Å². The van der Waals surface area contributed by atoms with E-state index in [1.807, 2.05) is 20.0 Å². The van der Waals surface area contributed by atoms with Crippen LogP contribution in [-0.4, -0.2) is 31.3 Å². The second-order valence-electron chi connectivity index (χ2n) is 3.23. The molecule has 0 atom stereocenters. The Morgan fingerprint density at radius 2 is 2.12 bits per heavy atom. The highest BCUT2D eigenvalue weighted by Crippen LogP contribution is 2.18. The molecule has 2 aromatic rings. The minimum Gasteiger partial charge on any atom is -0.464 e. The van der Waals surface area contributed by atoms with Gasteiger partial charge in [0.05, 0.1) is 18.4 Å². The van der Waals surface area contributed by atoms with Crippen LogP contribution >= 0.6 is 11.6 Å². The summed E-state index contributed by atoms with van der Waals surface area (Å²) in [6.45, 7) is 5.13. The Balaban J connectivity index is 2.37. The van der Waals surface area contributed by atoms with Crippen molar-refractivity contribution in [3.05, 3.63) is 17.7 Å². The summed E-state index contributed by atoms with van der Waals surface area (Å²) >= 11 is 5.81. The summed E-state index contributed by atoms with van der Waals surface area (Å²) in [4.78, 5) is 12.1. The zero-order valence-electron chi connectivity index (χ0n) is 9.59. The summed E-state index contributed by atoms with van der Waals surface area (Å²) in [7, 11) is 0. The Bertz CT molecular complexity index is 513. The van der Waals surface area contributed by atoms with Crippen LogP contribution in [-0.2, 0) is 6.54 Å². The molecule has 0 aliphatic heterocycles. The third kappa shape index (κ3) is 2.71. The van der Waals surface area contributed by atoms with E-state index in [1.54, 1.807) is 10.9 Å². The number of aromatic nitrogens is 5. The fourth-order valence-electron chi connectivity index (χ4n) is 1.31. The van der Waals surface area contributed by atoms with Crippen LogP contribution in [0.2, 0.25) is 5.28 Å². The first-order valence-corrected chi connectivity index (χ1v) is 5.68. The van der Waals surface area contributed by atoms with Crippen LogP contribution in [0.3, 0.4) is 0 Å². The van der Waals surface area contributed by atoms with Gasteiger partial charge >= 0.3 is 6.01 Å². The van der Waals surface area contributed by atoms with Gasteiger partial charge in [-0.05, 0) is 25.4 Å². The van der Waals surface area contributed by atoms with E-state index in [1.165, 1.54) is 0 Å². The lowest BCUT2D eigenvalue weighted by Crippen LogP contribution is -2.01. The molecule has 0 amide bonds. The Morgan fingerprint density at radius 3 is 2.76 bits per heavy atom. The summed E-state index contributed by atoms with van der Waals surface area (Å²) in [6, 6.07) is 0.228. The van der Waals surface area contributed by atoms with Gasteiger partial charge in [-0.1, -0.05) is 0 Å². The molecule has 0 radical (unpaired) electrons. The first kappa shape index (κ1) is 11.8. The van der Waals surface area contributed by atoms with E-state index in [2.05, 4.69) is 20.1 Å². The number of aryl methyl sites for hydroxylation is 1. The highest BCUT2D eigenvalue weighted by atomic mass is 35.5. The standard InChI is InChI=1S/C10H12ClN5O/c1-3-16-6-7(5-12-16)8-13-9(11)15-10(14-8)17-4-2/h5-6H,3-4H2,1-2H3. The highest BCUT2D eigenvalue weighted by Gasteiger charge is 2.09. The first-order chi connectivity index (χ1) is 8.22. The van der Waals surface area contributed by atoms with E-state index < -0.39 is 0 Å². The monoisotopic (exact) mass is 253 g/mol. The number of ether oxygens (including phenoxy) is 1. The van der Waals surface area contributed by atoms with Crippen LogP contribution in [0, 0.1) is 0 Å². The zero-order valence-corrected chi connectivity index (χ0v) is 10.3. The first-order valence-electron chi connectivity index (χ1n) is 5.30. The van der Waals surface area contributed by atoms with Crippen molar-refractivity contribution < 1.29 is 4.74 Å². The highest BCUT2D eigenvalue weighted by molar-refractivity contribution is 6.28. The zero-order chi connectivity index (χ0) is 12.3. The number of nitrogens with zero attached hydrogens (tertiary/aromatic N) is 5. The number of hydrogen-bond donors (Lipinski definition) is 0. The average Bonchev–Trinajstić information content (AvgIpc) is 2.77. The molecular formula is C10H12ClN5O. The molecule has 0 N–H and O–H groups in total. The Labute approximate surface area is 104 Å². The fourth-order valence-corrected chi connectivity index (χ4v) is 1.46. The molecular weight excluding hydrogens is 242 g/mol. The van der Waals surface area contributed by atoms with E-state index >= 15 is 0 Å². The van der Waals surface area contributed by atoms with E-state index in [0.29, 0.717) is 12.4 Å². The van der Waals surface area contributed by atoms with Gasteiger partial charge in [0.2, 0.25) is 5.28 Å². The normalized spacial score (nSPS) is 10.5. The Morgan fingerprint density at radius 1 is 1.29 bits per heavy atom. The molecule has 0 bridgehead atoms. The quantitative estimate of drug-likeness (QED) is 0.831. The molecule has 0 fully saturated rings. The van der Waals surface area contributed by atoms with Crippen LogP contribution < -0.4 is 4.74 Å². The van der Waals surface area contributed by atoms with Crippen LogP contribution in [0.5, 0.6) is 6.01 Å². The summed E-state index contributed by atoms with van der Waals surface area (Å²) in [5.41, 5.74) is 0.789. The van der Waals surface area contributed by atoms with Gasteiger partial charge in [0.15, 0.2) is 5.82 Å². The Kier molecular flexibility index (Phi) is 3.53. The third-order valence-electron chi connectivity index (χ3n) is 2.08. The molecule has 0 saturated heterocycles. The van der Waals surface area contributed by atoms with E-state index in [4.69, 9.17) is 16.3 Å². The van der Waals surface area contributed by atoms with Crippen molar-refractivity contribution in [3.8, 4) is 17.4 Å². The second-order valence-corrected chi connectivity index (χ2v) is 3.57. The van der Waals surface area contributed by atoms with Gasteiger partial charge < -0.3 is 4.74 Å². The fraction of sp³-hybridized carbons (Fsp3) is 0.400. The summed E-state index contributed by atoms with van der Waals surface area (Å²) in [5.74, 6) is 0.466. The topological polar surface area (TPSA) is 65.7 Å². The van der Waals surface area contributed by atoms with Gasteiger partial charge in [0, 0.05) is 12.7 Å². The third-order valence-corrected chi connectivity index (χ3v) is 2.25. The van der Waals surface area contributed by atoms with Gasteiger partial charge in [-0.25, -0.2) is 0 Å². The van der Waals surface area contributed by atoms with Gasteiger partial charge in [-0.15, -0.1) is 0 Å². The smallest absolute Gasteiger partial charge is 0.321 e. The lowest BCUT2D eigenvalue weighted by molar-refractivity contribution is 0.312. The minimum atomic E-state index is 0.114. The summed E-state index contributed by atoms with van der Waals surface area (Å²) < 4.78 is 6.99. The number of hydrogen-bond acceptors (Lipinski definition) is 5. The predicted octanol–water partition coefficient (Wildman–Crippen LogP) is 1.81. The molecule has 2 rings (SSSR count). The average molecular weight is 254 g/mol. The maximum Gasteiger partial charge on any atom is 0.321 e. The molecule has 0 saturated carbocycles. The molecule has 17 heavy (non-hydrogen) atoms. The minimum absolute atomic E-state index is 0.114. The van der Waals surface area contributed by atoms with Crippen molar-refractivity contribution in [2.45, 2.75) is 20.4 Å². The second kappa shape index (κ2) is 5.09. The molecule has 0 aliphatic carbocycles. The molecule has 0 spiro atoms. The number of rotatable bonds is 4. The molecule has 0 aliphatic rings. The predicted molar refractivity (Wildman–Crippen MR) is 62.9 cm³/mol. The maximum absolute atomic E-state index is 5.81. The number of halogens is 1. The van der Waals surface area contributed by atoms with Gasteiger partial charge in [-0.3, -0.25) is 4.68 Å².